The highest BCUT2D eigenvalue weighted by Crippen LogP contribution is 2.27. The molecule has 0 saturated heterocycles. The average molecular weight is 967 g/mol. The fraction of sp³-hybridized carbons (Fsp3) is 0.380. The first-order chi connectivity index (χ1) is 31.3. The molecule has 15 nitrogen and oxygen atoms in total. The van der Waals surface area contributed by atoms with Gasteiger partial charge in [-0.25, -0.2) is 19.6 Å². The van der Waals surface area contributed by atoms with Crippen LogP contribution in [0.2, 0.25) is 0 Å². The van der Waals surface area contributed by atoms with Gasteiger partial charge in [-0.2, -0.15) is 0 Å². The first kappa shape index (κ1) is 50.4. The number of benzene rings is 4. The molecule has 0 aliphatic carbocycles. The van der Waals surface area contributed by atoms with Crippen LogP contribution in [0.4, 0.5) is 15.3 Å². The van der Waals surface area contributed by atoms with Crippen LogP contribution in [0.1, 0.15) is 111 Å². The second-order valence-electron chi connectivity index (χ2n) is 17.4. The number of unbranched alkanes of at least 4 members (excludes halogenated alkanes) is 1. The number of aromatic nitrogens is 4. The summed E-state index contributed by atoms with van der Waals surface area (Å²) < 4.78 is 19.3. The van der Waals surface area contributed by atoms with Gasteiger partial charge in [-0.1, -0.05) is 62.4 Å². The lowest BCUT2D eigenvalue weighted by molar-refractivity contribution is -0.140. The number of ether oxygens (including phenoxy) is 3. The molecule has 0 fully saturated rings. The number of nitrogens with zero attached hydrogens (tertiary/aromatic N) is 4. The maximum absolute atomic E-state index is 14.0. The van der Waals surface area contributed by atoms with Gasteiger partial charge >= 0.3 is 18.2 Å². The van der Waals surface area contributed by atoms with E-state index in [4.69, 9.17) is 19.4 Å². The summed E-state index contributed by atoms with van der Waals surface area (Å²) in [5.41, 5.74) is 1.36. The van der Waals surface area contributed by atoms with E-state index in [0.29, 0.717) is 87.2 Å². The van der Waals surface area contributed by atoms with Crippen LogP contribution in [-0.4, -0.2) is 62.1 Å². The molecule has 0 unspecified atom stereocenters. The maximum Gasteiger partial charge on any atom is 0.408 e. The summed E-state index contributed by atoms with van der Waals surface area (Å²) in [5.74, 6) is 0.644. The molecule has 16 heteroatoms. The van der Waals surface area contributed by atoms with Gasteiger partial charge in [0.2, 0.25) is 0 Å². The predicted molar refractivity (Wildman–Crippen MR) is 262 cm³/mol. The molecule has 0 spiro atoms. The topological polar surface area (TPSA) is 185 Å². The van der Waals surface area contributed by atoms with Crippen molar-refractivity contribution >= 4 is 61.6 Å². The number of anilines is 1. The summed E-state index contributed by atoms with van der Waals surface area (Å²) in [4.78, 5) is 73.4. The third-order valence-corrected chi connectivity index (χ3v) is 10.7. The van der Waals surface area contributed by atoms with Gasteiger partial charge in [-0.05, 0) is 132 Å². The summed E-state index contributed by atoms with van der Waals surface area (Å²) in [5, 5.41) is 10.0. The van der Waals surface area contributed by atoms with Gasteiger partial charge in [0.05, 0.1) is 52.4 Å². The zero-order valence-electron chi connectivity index (χ0n) is 39.1. The van der Waals surface area contributed by atoms with Crippen molar-refractivity contribution in [2.45, 2.75) is 111 Å². The number of nitrogens with one attached hydrogen (secondary N) is 3. The fourth-order valence-corrected chi connectivity index (χ4v) is 7.56. The summed E-state index contributed by atoms with van der Waals surface area (Å²) in [7, 11) is 1.38. The molecule has 2 heterocycles. The Kier molecular flexibility index (Phi) is 17.3. The van der Waals surface area contributed by atoms with Crippen molar-refractivity contribution in [3.8, 4) is 11.4 Å². The molecule has 6 aromatic rings. The Morgan fingerprint density at radius 2 is 1.09 bits per heavy atom. The number of halogens is 1. The Bertz CT molecular complexity index is 2750. The van der Waals surface area contributed by atoms with Crippen LogP contribution >= 0.6 is 15.9 Å². The van der Waals surface area contributed by atoms with Crippen LogP contribution in [0, 0.1) is 0 Å². The molecule has 3 N–H and O–H groups in total. The normalized spacial score (nSPS) is 12.3. The van der Waals surface area contributed by atoms with Gasteiger partial charge in [-0.15, -0.1) is 0 Å². The number of esters is 1. The molecule has 0 aliphatic heterocycles. The Labute approximate surface area is 393 Å². The zero-order valence-corrected chi connectivity index (χ0v) is 40.7. The molecule has 0 aliphatic rings. The van der Waals surface area contributed by atoms with E-state index in [1.807, 2.05) is 98.8 Å². The van der Waals surface area contributed by atoms with Crippen LogP contribution in [0.5, 0.6) is 0 Å². The number of hydrogen-bond donors (Lipinski definition) is 3. The second-order valence-corrected chi connectivity index (χ2v) is 18.3. The van der Waals surface area contributed by atoms with Crippen LogP contribution in [0.3, 0.4) is 0 Å². The average Bonchev–Trinajstić information content (AvgIpc) is 3.26. The van der Waals surface area contributed by atoms with Gasteiger partial charge in [-0.3, -0.25) is 23.5 Å². The molecular weight excluding hydrogens is 906 g/mol. The van der Waals surface area contributed by atoms with E-state index in [-0.39, 0.29) is 17.1 Å². The van der Waals surface area contributed by atoms with Crippen molar-refractivity contribution < 1.29 is 28.6 Å². The van der Waals surface area contributed by atoms with Crippen molar-refractivity contribution in [2.24, 2.45) is 0 Å². The number of methoxy groups -OCH3 is 1. The van der Waals surface area contributed by atoms with E-state index < -0.39 is 35.5 Å². The van der Waals surface area contributed by atoms with Crippen LogP contribution in [0.25, 0.3) is 33.2 Å². The van der Waals surface area contributed by atoms with Gasteiger partial charge in [0.25, 0.3) is 11.1 Å². The Hall–Kier alpha value is -6.55. The first-order valence-electron chi connectivity index (χ1n) is 22.0. The van der Waals surface area contributed by atoms with Crippen molar-refractivity contribution in [1.82, 2.24) is 29.7 Å². The molecule has 350 valence electrons. The molecule has 0 saturated carbocycles. The quantitative estimate of drug-likeness (QED) is 0.0536. The molecule has 0 bridgehead atoms. The lowest BCUT2D eigenvalue weighted by Gasteiger charge is -2.25. The van der Waals surface area contributed by atoms with E-state index in [9.17, 15) is 24.0 Å². The van der Waals surface area contributed by atoms with Crippen molar-refractivity contribution in [1.29, 1.82) is 0 Å². The minimum Gasteiger partial charge on any atom is -0.469 e. The van der Waals surface area contributed by atoms with Crippen molar-refractivity contribution in [3.63, 3.8) is 0 Å². The number of alkyl carbamates (subject to hydrolysis) is 2. The maximum atomic E-state index is 14.0. The molecule has 2 atom stereocenters. The highest BCUT2D eigenvalue weighted by atomic mass is 79.9. The minimum absolute atomic E-state index is 0.201. The number of carbonyl (C=O) groups excluding carboxylic acids is 3. The van der Waals surface area contributed by atoms with Crippen molar-refractivity contribution in [2.75, 3.05) is 19.0 Å². The van der Waals surface area contributed by atoms with E-state index in [2.05, 4.69) is 36.6 Å². The Balaban J connectivity index is 0.000000255. The van der Waals surface area contributed by atoms with E-state index in [1.165, 1.54) is 7.11 Å². The summed E-state index contributed by atoms with van der Waals surface area (Å²) in [6, 6.07) is 28.4. The first-order valence-corrected chi connectivity index (χ1v) is 22.8. The van der Waals surface area contributed by atoms with E-state index in [0.717, 1.165) is 6.42 Å². The lowest BCUT2D eigenvalue weighted by atomic mass is 10.1. The van der Waals surface area contributed by atoms with Gasteiger partial charge in [0.1, 0.15) is 22.9 Å². The van der Waals surface area contributed by atoms with E-state index >= 15 is 0 Å². The standard InChI is InChI=1S/C28H36N4O5.C22H24BrN3O3/c1-6-20(31-27(35)37-28(2,3)4)25-30-22-16-12-15-21(29-18-11-10-17-23(33)36-5)24(22)26(34)32(25)19-13-8-7-9-14-19;1-5-16(25-21(28)29-22(2,3)4)19-24-17-13-9-12-15(23)18(17)20(27)26(19)14-10-7-6-8-11-14/h7-9,12-16,20,29H,6,10-11,17-18H2,1-5H3,(H,31,35);6-13,16H,5H2,1-4H3,(H,25,28)/t20-;16-/m00/s1. The highest BCUT2D eigenvalue weighted by molar-refractivity contribution is 9.10. The predicted octanol–water partition coefficient (Wildman–Crippen LogP) is 10.2. The number of carbonyl (C=O) groups is 3. The minimum atomic E-state index is -0.657. The zero-order chi connectivity index (χ0) is 48.2. The summed E-state index contributed by atoms with van der Waals surface area (Å²) in [6.07, 6.45) is 1.68. The van der Waals surface area contributed by atoms with Gasteiger partial charge in [0, 0.05) is 23.1 Å². The molecule has 2 aromatic heterocycles. The molecule has 2 amide bonds. The molecule has 6 rings (SSSR count). The number of rotatable bonds is 14. The number of fused-ring (bicyclic) bond motifs is 2. The summed E-state index contributed by atoms with van der Waals surface area (Å²) >= 11 is 3.46. The number of para-hydroxylation sites is 2. The van der Waals surface area contributed by atoms with Crippen molar-refractivity contribution in [3.05, 3.63) is 134 Å². The SMILES string of the molecule is CC[C@H](NC(=O)OC(C)(C)C)c1nc2cccc(Br)c2c(=O)n1-c1ccccc1.CC[C@H](NC(=O)OC(C)(C)C)c1nc2cccc(NCCCCC(=O)OC)c2c(=O)n1-c1ccccc1. The number of hydrogen-bond acceptors (Lipinski definition) is 11. The largest absolute Gasteiger partial charge is 0.469 e. The van der Waals surface area contributed by atoms with Crippen LogP contribution in [-0.2, 0) is 19.0 Å². The summed E-state index contributed by atoms with van der Waals surface area (Å²) in [6.45, 7) is 15.2. The third kappa shape index (κ3) is 13.3. The molecular formula is C50H60BrN7O8. The smallest absolute Gasteiger partial charge is 0.408 e. The van der Waals surface area contributed by atoms with Crippen LogP contribution < -0.4 is 27.1 Å². The van der Waals surface area contributed by atoms with Gasteiger partial charge < -0.3 is 30.2 Å². The lowest BCUT2D eigenvalue weighted by Crippen LogP contribution is -2.37. The van der Waals surface area contributed by atoms with Crippen LogP contribution in [0.15, 0.2) is 111 Å². The molecule has 4 aromatic carbocycles. The third-order valence-electron chi connectivity index (χ3n) is 10.00. The molecule has 66 heavy (non-hydrogen) atoms. The number of amides is 2. The van der Waals surface area contributed by atoms with Gasteiger partial charge in [0.15, 0.2) is 0 Å². The monoisotopic (exact) mass is 965 g/mol. The molecule has 0 radical (unpaired) electrons. The Morgan fingerprint density at radius 1 is 0.636 bits per heavy atom. The second kappa shape index (κ2) is 22.6. The Morgan fingerprint density at radius 3 is 1.55 bits per heavy atom. The van der Waals surface area contributed by atoms with E-state index in [1.54, 1.807) is 62.8 Å². The fourth-order valence-electron chi connectivity index (χ4n) is 7.04. The highest BCUT2D eigenvalue weighted by Gasteiger charge is 2.27.